The summed E-state index contributed by atoms with van der Waals surface area (Å²) < 4.78 is 7.74. The Hall–Kier alpha value is -3.84. The number of rotatable bonds is 11. The number of ether oxygens (including phenoxy) is 1. The zero-order valence-electron chi connectivity index (χ0n) is 19.7. The zero-order chi connectivity index (χ0) is 24.6. The number of aryl methyl sites for hydroxylation is 1. The van der Waals surface area contributed by atoms with E-state index in [0.29, 0.717) is 17.7 Å². The Kier molecular flexibility index (Phi) is 8.00. The van der Waals surface area contributed by atoms with Crippen molar-refractivity contribution in [1.29, 1.82) is 0 Å². The summed E-state index contributed by atoms with van der Waals surface area (Å²) in [6.45, 7) is 4.99. The molecular formula is C28H28N4O2S. The largest absolute Gasteiger partial charge is 0.496 e. The third-order valence-corrected chi connectivity index (χ3v) is 6.74. The van der Waals surface area contributed by atoms with Gasteiger partial charge in [-0.15, -0.1) is 10.2 Å². The third-order valence-electron chi connectivity index (χ3n) is 5.63. The molecule has 1 amide bonds. The molecule has 0 aliphatic rings. The second kappa shape index (κ2) is 11.5. The van der Waals surface area contributed by atoms with E-state index >= 15 is 0 Å². The number of para-hydroxylation sites is 1. The van der Waals surface area contributed by atoms with Gasteiger partial charge in [0.1, 0.15) is 5.75 Å². The molecule has 1 heterocycles. The highest BCUT2D eigenvalue weighted by Crippen LogP contribution is 2.31. The van der Waals surface area contributed by atoms with E-state index in [2.05, 4.69) is 45.6 Å². The number of amides is 1. The molecule has 0 saturated heterocycles. The lowest BCUT2D eigenvalue weighted by atomic mass is 10.1. The van der Waals surface area contributed by atoms with Crippen molar-refractivity contribution in [2.75, 3.05) is 12.9 Å². The molecule has 0 spiro atoms. The minimum atomic E-state index is -0.424. The molecule has 4 rings (SSSR count). The summed E-state index contributed by atoms with van der Waals surface area (Å²) in [7, 11) is 1.67. The van der Waals surface area contributed by atoms with Crippen molar-refractivity contribution in [2.45, 2.75) is 24.5 Å². The van der Waals surface area contributed by atoms with Crippen molar-refractivity contribution in [3.63, 3.8) is 0 Å². The second-order valence-corrected chi connectivity index (χ2v) is 9.11. The summed E-state index contributed by atoms with van der Waals surface area (Å²) in [6.07, 6.45) is 1.57. The maximum Gasteiger partial charge on any atom is 0.248 e. The normalized spacial score (nSPS) is 10.8. The number of methoxy groups -OCH3 is 1. The molecule has 7 heteroatoms. The fourth-order valence-corrected chi connectivity index (χ4v) is 4.67. The lowest BCUT2D eigenvalue weighted by Crippen LogP contribution is -2.10. The summed E-state index contributed by atoms with van der Waals surface area (Å²) in [6, 6.07) is 25.6. The van der Waals surface area contributed by atoms with Crippen molar-refractivity contribution in [3.8, 4) is 17.1 Å². The summed E-state index contributed by atoms with van der Waals surface area (Å²) in [4.78, 5) is 11.3. The first kappa shape index (κ1) is 24.3. The second-order valence-electron chi connectivity index (χ2n) is 8.17. The van der Waals surface area contributed by atoms with E-state index in [9.17, 15) is 4.79 Å². The Morgan fingerprint density at radius 1 is 0.971 bits per heavy atom. The van der Waals surface area contributed by atoms with Gasteiger partial charge in [-0.25, -0.2) is 0 Å². The molecule has 3 aromatic carbocycles. The minimum absolute atomic E-state index is 0.424. The molecule has 4 aromatic rings. The van der Waals surface area contributed by atoms with E-state index in [0.717, 1.165) is 46.4 Å². The fourth-order valence-electron chi connectivity index (χ4n) is 3.80. The van der Waals surface area contributed by atoms with E-state index in [1.165, 1.54) is 5.56 Å². The van der Waals surface area contributed by atoms with Gasteiger partial charge in [0.05, 0.1) is 12.7 Å². The van der Waals surface area contributed by atoms with Crippen molar-refractivity contribution in [2.24, 2.45) is 5.73 Å². The predicted octanol–water partition coefficient (Wildman–Crippen LogP) is 5.19. The van der Waals surface area contributed by atoms with Gasteiger partial charge in [0, 0.05) is 17.9 Å². The summed E-state index contributed by atoms with van der Waals surface area (Å²) in [5, 5.41) is 9.89. The molecule has 0 bridgehead atoms. The van der Waals surface area contributed by atoms with Gasteiger partial charge in [0.2, 0.25) is 5.91 Å². The number of aromatic nitrogens is 3. The predicted molar refractivity (Wildman–Crippen MR) is 141 cm³/mol. The molecule has 35 heavy (non-hydrogen) atoms. The van der Waals surface area contributed by atoms with Gasteiger partial charge in [-0.05, 0) is 48.2 Å². The quantitative estimate of drug-likeness (QED) is 0.234. The van der Waals surface area contributed by atoms with Gasteiger partial charge < -0.3 is 15.0 Å². The highest BCUT2D eigenvalue weighted by Gasteiger charge is 2.18. The van der Waals surface area contributed by atoms with Crippen molar-refractivity contribution in [3.05, 3.63) is 108 Å². The first-order chi connectivity index (χ1) is 17.0. The number of nitrogens with zero attached hydrogens (tertiary/aromatic N) is 3. The first-order valence-electron chi connectivity index (χ1n) is 11.3. The van der Waals surface area contributed by atoms with Crippen LogP contribution >= 0.6 is 11.8 Å². The highest BCUT2D eigenvalue weighted by molar-refractivity contribution is 7.99. The standard InChI is InChI=1S/C28H28N4O2S/c1-20(18-22-12-14-23(15-13-22)26(29)33)19-35-28-31-30-27(24-10-6-7-11-25(24)34-2)32(28)17-16-21-8-4-3-5-9-21/h3-15H,1,16-19H2,2H3,(H2,29,33). The van der Waals surface area contributed by atoms with Crippen LogP contribution in [0.5, 0.6) is 5.75 Å². The number of carbonyl (C=O) groups is 1. The zero-order valence-corrected chi connectivity index (χ0v) is 20.5. The number of benzene rings is 3. The summed E-state index contributed by atoms with van der Waals surface area (Å²) in [5.74, 6) is 1.83. The van der Waals surface area contributed by atoms with E-state index in [-0.39, 0.29) is 0 Å². The molecule has 2 N–H and O–H groups in total. The SMILES string of the molecule is C=C(CSc1nnc(-c2ccccc2OC)n1CCc1ccccc1)Cc1ccc(C(N)=O)cc1. The molecule has 1 aromatic heterocycles. The molecule has 0 radical (unpaired) electrons. The highest BCUT2D eigenvalue weighted by atomic mass is 32.2. The van der Waals surface area contributed by atoms with Gasteiger partial charge >= 0.3 is 0 Å². The van der Waals surface area contributed by atoms with E-state index in [4.69, 9.17) is 10.5 Å². The lowest BCUT2D eigenvalue weighted by Gasteiger charge is -2.13. The van der Waals surface area contributed by atoms with Crippen LogP contribution in [0.4, 0.5) is 0 Å². The minimum Gasteiger partial charge on any atom is -0.496 e. The van der Waals surface area contributed by atoms with Crippen LogP contribution in [0.25, 0.3) is 11.4 Å². The van der Waals surface area contributed by atoms with Crippen LogP contribution in [0.2, 0.25) is 0 Å². The molecule has 0 saturated carbocycles. The van der Waals surface area contributed by atoms with Gasteiger partial charge in [-0.1, -0.05) is 78.5 Å². The van der Waals surface area contributed by atoms with Crippen LogP contribution in [0.15, 0.2) is 96.2 Å². The lowest BCUT2D eigenvalue weighted by molar-refractivity contribution is 0.100. The Morgan fingerprint density at radius 3 is 2.40 bits per heavy atom. The summed E-state index contributed by atoms with van der Waals surface area (Å²) in [5.41, 5.74) is 10.1. The van der Waals surface area contributed by atoms with Crippen LogP contribution < -0.4 is 10.5 Å². The number of carbonyl (C=O) groups excluding carboxylic acids is 1. The van der Waals surface area contributed by atoms with Crippen LogP contribution in [0.3, 0.4) is 0 Å². The Labute approximate surface area is 209 Å². The van der Waals surface area contributed by atoms with Gasteiger partial charge in [0.15, 0.2) is 11.0 Å². The molecule has 0 aliphatic heterocycles. The average Bonchev–Trinajstić information content (AvgIpc) is 3.29. The maximum absolute atomic E-state index is 11.3. The molecule has 0 unspecified atom stereocenters. The van der Waals surface area contributed by atoms with E-state index in [1.807, 2.05) is 42.5 Å². The number of hydrogen-bond donors (Lipinski definition) is 1. The molecule has 0 fully saturated rings. The van der Waals surface area contributed by atoms with Crippen LogP contribution in [-0.2, 0) is 19.4 Å². The Morgan fingerprint density at radius 2 is 1.69 bits per heavy atom. The van der Waals surface area contributed by atoms with Gasteiger partial charge in [0.25, 0.3) is 0 Å². The number of primary amides is 1. The number of hydrogen-bond acceptors (Lipinski definition) is 5. The average molecular weight is 485 g/mol. The van der Waals surface area contributed by atoms with Crippen molar-refractivity contribution < 1.29 is 9.53 Å². The first-order valence-corrected chi connectivity index (χ1v) is 12.3. The third kappa shape index (κ3) is 6.19. The van der Waals surface area contributed by atoms with Gasteiger partial charge in [-0.2, -0.15) is 0 Å². The molecule has 0 atom stereocenters. The molecular weight excluding hydrogens is 456 g/mol. The number of nitrogens with two attached hydrogens (primary N) is 1. The van der Waals surface area contributed by atoms with Crippen LogP contribution in [0.1, 0.15) is 21.5 Å². The Bertz CT molecular complexity index is 1300. The Balaban J connectivity index is 1.51. The fraction of sp³-hybridized carbons (Fsp3) is 0.179. The van der Waals surface area contributed by atoms with Gasteiger partial charge in [-0.3, -0.25) is 4.79 Å². The number of thioether (sulfide) groups is 1. The molecule has 178 valence electrons. The topological polar surface area (TPSA) is 83.0 Å². The molecule has 6 nitrogen and oxygen atoms in total. The van der Waals surface area contributed by atoms with Crippen molar-refractivity contribution >= 4 is 17.7 Å². The maximum atomic E-state index is 11.3. The van der Waals surface area contributed by atoms with E-state index < -0.39 is 5.91 Å². The summed E-state index contributed by atoms with van der Waals surface area (Å²) >= 11 is 1.62. The van der Waals surface area contributed by atoms with Crippen LogP contribution in [0, 0.1) is 0 Å². The molecule has 0 aliphatic carbocycles. The van der Waals surface area contributed by atoms with E-state index in [1.54, 1.807) is 31.0 Å². The van der Waals surface area contributed by atoms with Crippen molar-refractivity contribution in [1.82, 2.24) is 14.8 Å². The smallest absolute Gasteiger partial charge is 0.248 e. The monoisotopic (exact) mass is 484 g/mol. The van der Waals surface area contributed by atoms with Crippen LogP contribution in [-0.4, -0.2) is 33.5 Å².